The number of nitrogens with zero attached hydrogens (tertiary/aromatic N) is 1. The highest BCUT2D eigenvalue weighted by atomic mass is 19.1. The Labute approximate surface area is 111 Å². The number of hydrogen-bond acceptors (Lipinski definition) is 2. The monoisotopic (exact) mass is 264 g/mol. The number of halogens is 1. The molecule has 0 bridgehead atoms. The molecule has 1 fully saturated rings. The average Bonchev–Trinajstić information content (AvgIpc) is 2.44. The SMILES string of the molecule is CC1C(=O)NC(c2ccccc2)C(=O)N1CCCF. The third kappa shape index (κ3) is 2.75. The molecule has 0 radical (unpaired) electrons. The molecule has 2 amide bonds. The van der Waals surface area contributed by atoms with Crippen LogP contribution in [0.4, 0.5) is 4.39 Å². The Morgan fingerprint density at radius 3 is 2.58 bits per heavy atom. The molecule has 1 N–H and O–H groups in total. The van der Waals surface area contributed by atoms with E-state index in [0.717, 1.165) is 5.56 Å². The van der Waals surface area contributed by atoms with Crippen molar-refractivity contribution in [2.75, 3.05) is 13.2 Å². The van der Waals surface area contributed by atoms with E-state index in [4.69, 9.17) is 0 Å². The van der Waals surface area contributed by atoms with Crippen molar-refractivity contribution < 1.29 is 14.0 Å². The number of piperazine rings is 1. The number of carbonyl (C=O) groups excluding carboxylic acids is 2. The van der Waals surface area contributed by atoms with E-state index in [2.05, 4.69) is 5.32 Å². The summed E-state index contributed by atoms with van der Waals surface area (Å²) in [5.41, 5.74) is 0.748. The van der Waals surface area contributed by atoms with Gasteiger partial charge in [-0.2, -0.15) is 0 Å². The van der Waals surface area contributed by atoms with Crippen molar-refractivity contribution in [3.63, 3.8) is 0 Å². The zero-order valence-corrected chi connectivity index (χ0v) is 10.8. The molecule has 1 aliphatic heterocycles. The van der Waals surface area contributed by atoms with Gasteiger partial charge in [0, 0.05) is 6.54 Å². The second-order valence-corrected chi connectivity index (χ2v) is 4.60. The quantitative estimate of drug-likeness (QED) is 0.894. The van der Waals surface area contributed by atoms with E-state index in [1.807, 2.05) is 18.2 Å². The second-order valence-electron chi connectivity index (χ2n) is 4.60. The van der Waals surface area contributed by atoms with E-state index in [-0.39, 0.29) is 24.8 Å². The van der Waals surface area contributed by atoms with Gasteiger partial charge in [-0.25, -0.2) is 0 Å². The molecular weight excluding hydrogens is 247 g/mol. The number of hydrogen-bond donors (Lipinski definition) is 1. The first kappa shape index (κ1) is 13.5. The third-order valence-corrected chi connectivity index (χ3v) is 3.33. The molecule has 1 saturated heterocycles. The van der Waals surface area contributed by atoms with Gasteiger partial charge in [-0.3, -0.25) is 14.0 Å². The summed E-state index contributed by atoms with van der Waals surface area (Å²) in [6.07, 6.45) is 0.255. The Morgan fingerprint density at radius 2 is 1.95 bits per heavy atom. The molecule has 5 heteroatoms. The van der Waals surface area contributed by atoms with Gasteiger partial charge < -0.3 is 10.2 Å². The summed E-state index contributed by atoms with van der Waals surface area (Å²) >= 11 is 0. The summed E-state index contributed by atoms with van der Waals surface area (Å²) in [7, 11) is 0. The first-order chi connectivity index (χ1) is 9.15. The Balaban J connectivity index is 2.22. The van der Waals surface area contributed by atoms with E-state index < -0.39 is 18.8 Å². The van der Waals surface area contributed by atoms with Crippen LogP contribution in [0.15, 0.2) is 30.3 Å². The summed E-state index contributed by atoms with van der Waals surface area (Å²) in [5.74, 6) is -0.376. The van der Waals surface area contributed by atoms with Crippen molar-refractivity contribution >= 4 is 11.8 Å². The van der Waals surface area contributed by atoms with Gasteiger partial charge in [-0.15, -0.1) is 0 Å². The summed E-state index contributed by atoms with van der Waals surface area (Å²) in [6, 6.07) is 7.88. The molecule has 0 aromatic heterocycles. The maximum absolute atomic E-state index is 12.4. The van der Waals surface area contributed by atoms with E-state index in [1.54, 1.807) is 19.1 Å². The average molecular weight is 264 g/mol. The van der Waals surface area contributed by atoms with Crippen molar-refractivity contribution in [3.8, 4) is 0 Å². The lowest BCUT2D eigenvalue weighted by Gasteiger charge is -2.37. The molecule has 1 aromatic carbocycles. The molecule has 2 rings (SSSR count). The molecule has 2 atom stereocenters. The molecular formula is C14H17FN2O2. The van der Waals surface area contributed by atoms with E-state index in [1.165, 1.54) is 4.90 Å². The smallest absolute Gasteiger partial charge is 0.250 e. The molecule has 1 aliphatic rings. The molecule has 2 unspecified atom stereocenters. The topological polar surface area (TPSA) is 49.4 Å². The number of rotatable bonds is 4. The lowest BCUT2D eigenvalue weighted by molar-refractivity contribution is -0.148. The van der Waals surface area contributed by atoms with Crippen LogP contribution in [0.2, 0.25) is 0 Å². The largest absolute Gasteiger partial charge is 0.339 e. The Hall–Kier alpha value is -1.91. The molecule has 1 heterocycles. The van der Waals surface area contributed by atoms with E-state index in [0.29, 0.717) is 0 Å². The Kier molecular flexibility index (Phi) is 4.14. The van der Waals surface area contributed by atoms with Gasteiger partial charge in [0.1, 0.15) is 12.1 Å². The van der Waals surface area contributed by atoms with Crippen molar-refractivity contribution in [1.29, 1.82) is 0 Å². The minimum atomic E-state index is -0.662. The maximum Gasteiger partial charge on any atom is 0.250 e. The highest BCUT2D eigenvalue weighted by molar-refractivity contribution is 5.97. The van der Waals surface area contributed by atoms with Crippen LogP contribution in [0.25, 0.3) is 0 Å². The fourth-order valence-corrected chi connectivity index (χ4v) is 2.23. The maximum atomic E-state index is 12.4. The van der Waals surface area contributed by atoms with Gasteiger partial charge in [-0.1, -0.05) is 30.3 Å². The van der Waals surface area contributed by atoms with Crippen LogP contribution < -0.4 is 5.32 Å². The van der Waals surface area contributed by atoms with Crippen LogP contribution >= 0.6 is 0 Å². The molecule has 0 aliphatic carbocycles. The van der Waals surface area contributed by atoms with Crippen molar-refractivity contribution in [1.82, 2.24) is 10.2 Å². The minimum Gasteiger partial charge on any atom is -0.339 e. The molecule has 102 valence electrons. The minimum absolute atomic E-state index is 0.174. The summed E-state index contributed by atoms with van der Waals surface area (Å²) in [6.45, 7) is 1.44. The third-order valence-electron chi connectivity index (χ3n) is 3.33. The number of alkyl halides is 1. The van der Waals surface area contributed by atoms with Crippen LogP contribution in [-0.2, 0) is 9.59 Å². The van der Waals surface area contributed by atoms with Gasteiger partial charge in [-0.05, 0) is 18.9 Å². The van der Waals surface area contributed by atoms with Crippen LogP contribution in [-0.4, -0.2) is 36.0 Å². The zero-order chi connectivity index (χ0) is 13.8. The van der Waals surface area contributed by atoms with Gasteiger partial charge in [0.15, 0.2) is 0 Å². The number of benzene rings is 1. The lowest BCUT2D eigenvalue weighted by Crippen LogP contribution is -2.58. The molecule has 1 aromatic rings. The fourth-order valence-electron chi connectivity index (χ4n) is 2.23. The van der Waals surface area contributed by atoms with Crippen molar-refractivity contribution in [2.45, 2.75) is 25.4 Å². The highest BCUT2D eigenvalue weighted by Crippen LogP contribution is 2.22. The highest BCUT2D eigenvalue weighted by Gasteiger charge is 2.38. The van der Waals surface area contributed by atoms with Gasteiger partial charge >= 0.3 is 0 Å². The predicted octanol–water partition coefficient (Wildman–Crippen LogP) is 1.43. The van der Waals surface area contributed by atoms with Gasteiger partial charge in [0.25, 0.3) is 0 Å². The molecule has 0 spiro atoms. The fraction of sp³-hybridized carbons (Fsp3) is 0.429. The molecule has 4 nitrogen and oxygen atoms in total. The molecule has 0 saturated carbocycles. The van der Waals surface area contributed by atoms with Crippen LogP contribution in [0, 0.1) is 0 Å². The lowest BCUT2D eigenvalue weighted by atomic mass is 10.0. The summed E-state index contributed by atoms with van der Waals surface area (Å²) in [5, 5.41) is 2.71. The predicted molar refractivity (Wildman–Crippen MR) is 69.1 cm³/mol. The van der Waals surface area contributed by atoms with Crippen molar-refractivity contribution in [2.24, 2.45) is 0 Å². The van der Waals surface area contributed by atoms with Gasteiger partial charge in [0.2, 0.25) is 11.8 Å². The standard InChI is InChI=1S/C14H17FN2O2/c1-10-13(18)16-12(11-6-3-2-4-7-11)14(19)17(10)9-5-8-15/h2-4,6-7,10,12H,5,8-9H2,1H3,(H,16,18). The normalized spacial score (nSPS) is 23.4. The van der Waals surface area contributed by atoms with Gasteiger partial charge in [0.05, 0.1) is 6.67 Å². The van der Waals surface area contributed by atoms with Crippen LogP contribution in [0.5, 0.6) is 0 Å². The Morgan fingerprint density at radius 1 is 1.26 bits per heavy atom. The first-order valence-corrected chi connectivity index (χ1v) is 6.37. The number of amides is 2. The Bertz CT molecular complexity index is 464. The number of nitrogens with one attached hydrogen (secondary N) is 1. The second kappa shape index (κ2) is 5.82. The number of carbonyl (C=O) groups is 2. The van der Waals surface area contributed by atoms with E-state index in [9.17, 15) is 14.0 Å². The zero-order valence-electron chi connectivity index (χ0n) is 10.8. The molecule has 19 heavy (non-hydrogen) atoms. The van der Waals surface area contributed by atoms with Crippen LogP contribution in [0.1, 0.15) is 24.9 Å². The van der Waals surface area contributed by atoms with E-state index >= 15 is 0 Å². The summed E-state index contributed by atoms with van der Waals surface area (Å²) in [4.78, 5) is 25.7. The van der Waals surface area contributed by atoms with Crippen molar-refractivity contribution in [3.05, 3.63) is 35.9 Å². The first-order valence-electron chi connectivity index (χ1n) is 6.37. The van der Waals surface area contributed by atoms with Crippen LogP contribution in [0.3, 0.4) is 0 Å². The summed E-state index contributed by atoms with van der Waals surface area (Å²) < 4.78 is 12.3.